The van der Waals surface area contributed by atoms with Crippen LogP contribution in [-0.2, 0) is 0 Å². The van der Waals surface area contributed by atoms with Gasteiger partial charge < -0.3 is 10.2 Å². The van der Waals surface area contributed by atoms with Crippen molar-refractivity contribution in [1.29, 1.82) is 0 Å². The summed E-state index contributed by atoms with van der Waals surface area (Å²) >= 11 is 2.11. The van der Waals surface area contributed by atoms with Crippen molar-refractivity contribution in [2.75, 3.05) is 38.2 Å². The first-order chi connectivity index (χ1) is 7.84. The average Bonchev–Trinajstić information content (AvgIpc) is 2.81. The molecule has 1 atom stereocenters. The summed E-state index contributed by atoms with van der Waals surface area (Å²) in [5, 5.41) is 3.46. The summed E-state index contributed by atoms with van der Waals surface area (Å²) in [6, 6.07) is 0.864. The van der Waals surface area contributed by atoms with Gasteiger partial charge in [-0.15, -0.1) is 0 Å². The van der Waals surface area contributed by atoms with Crippen LogP contribution in [0.25, 0.3) is 0 Å². The molecule has 0 aliphatic carbocycles. The highest BCUT2D eigenvalue weighted by molar-refractivity contribution is 7.99. The van der Waals surface area contributed by atoms with Gasteiger partial charge in [-0.05, 0) is 58.1 Å². The second-order valence-electron chi connectivity index (χ2n) is 4.81. The van der Waals surface area contributed by atoms with Gasteiger partial charge in [-0.3, -0.25) is 0 Å². The van der Waals surface area contributed by atoms with Crippen LogP contribution < -0.4 is 5.32 Å². The normalized spacial score (nSPS) is 20.8. The first-order valence-corrected chi connectivity index (χ1v) is 7.98. The molecule has 96 valence electrons. The van der Waals surface area contributed by atoms with Crippen LogP contribution in [0.3, 0.4) is 0 Å². The number of rotatable bonds is 9. The number of nitrogens with zero attached hydrogens (tertiary/aromatic N) is 1. The van der Waals surface area contributed by atoms with Gasteiger partial charge in [0, 0.05) is 11.8 Å². The van der Waals surface area contributed by atoms with Gasteiger partial charge in [0.2, 0.25) is 0 Å². The third kappa shape index (κ3) is 6.12. The van der Waals surface area contributed by atoms with E-state index in [4.69, 9.17) is 0 Å². The Morgan fingerprint density at radius 1 is 1.25 bits per heavy atom. The lowest BCUT2D eigenvalue weighted by Gasteiger charge is -2.23. The standard InChI is InChI=1S/C13H28N2S/c1-3-8-14-9-5-4-6-10-15(2)13-7-11-16-12-13/h13-14H,3-12H2,1-2H3. The Balaban J connectivity index is 1.86. The van der Waals surface area contributed by atoms with E-state index in [1.807, 2.05) is 0 Å². The van der Waals surface area contributed by atoms with Crippen LogP contribution in [0.2, 0.25) is 0 Å². The lowest BCUT2D eigenvalue weighted by Crippen LogP contribution is -2.32. The maximum absolute atomic E-state index is 3.46. The molecular weight excluding hydrogens is 216 g/mol. The molecule has 1 unspecified atom stereocenters. The van der Waals surface area contributed by atoms with Gasteiger partial charge in [-0.25, -0.2) is 0 Å². The van der Waals surface area contributed by atoms with Gasteiger partial charge in [-0.2, -0.15) is 11.8 Å². The lowest BCUT2D eigenvalue weighted by molar-refractivity contribution is 0.256. The van der Waals surface area contributed by atoms with Crippen molar-refractivity contribution in [2.24, 2.45) is 0 Å². The maximum Gasteiger partial charge on any atom is 0.0191 e. The summed E-state index contributed by atoms with van der Waals surface area (Å²) in [7, 11) is 2.30. The minimum absolute atomic E-state index is 0.864. The highest BCUT2D eigenvalue weighted by Gasteiger charge is 2.18. The quantitative estimate of drug-likeness (QED) is 0.628. The van der Waals surface area contributed by atoms with Gasteiger partial charge in [0.25, 0.3) is 0 Å². The Bertz CT molecular complexity index is 158. The molecule has 0 saturated carbocycles. The summed E-state index contributed by atoms with van der Waals surface area (Å²) in [6.45, 7) is 5.90. The van der Waals surface area contributed by atoms with Crippen molar-refractivity contribution in [1.82, 2.24) is 10.2 Å². The minimum atomic E-state index is 0.864. The first kappa shape index (κ1) is 14.3. The largest absolute Gasteiger partial charge is 0.317 e. The van der Waals surface area contributed by atoms with Gasteiger partial charge in [-0.1, -0.05) is 13.3 Å². The van der Waals surface area contributed by atoms with Crippen LogP contribution >= 0.6 is 11.8 Å². The van der Waals surface area contributed by atoms with Crippen LogP contribution in [0.4, 0.5) is 0 Å². The Morgan fingerprint density at radius 3 is 2.81 bits per heavy atom. The fourth-order valence-electron chi connectivity index (χ4n) is 2.14. The number of nitrogens with one attached hydrogen (secondary N) is 1. The van der Waals surface area contributed by atoms with E-state index < -0.39 is 0 Å². The molecule has 0 amide bonds. The molecule has 2 nitrogen and oxygen atoms in total. The van der Waals surface area contributed by atoms with Crippen LogP contribution in [0.1, 0.15) is 39.0 Å². The van der Waals surface area contributed by atoms with E-state index in [9.17, 15) is 0 Å². The Morgan fingerprint density at radius 2 is 2.12 bits per heavy atom. The molecule has 1 rings (SSSR count). The zero-order chi connectivity index (χ0) is 11.6. The summed E-state index contributed by atoms with van der Waals surface area (Å²) in [5.41, 5.74) is 0. The SMILES string of the molecule is CCCNCCCCCN(C)C1CCSC1. The van der Waals surface area contributed by atoms with E-state index in [1.165, 1.54) is 63.2 Å². The average molecular weight is 244 g/mol. The number of unbranched alkanes of at least 4 members (excludes halogenated alkanes) is 2. The number of hydrogen-bond donors (Lipinski definition) is 1. The van der Waals surface area contributed by atoms with Crippen molar-refractivity contribution < 1.29 is 0 Å². The topological polar surface area (TPSA) is 15.3 Å². The molecule has 0 radical (unpaired) electrons. The lowest BCUT2D eigenvalue weighted by atomic mass is 10.2. The van der Waals surface area contributed by atoms with Crippen LogP contribution in [0.15, 0.2) is 0 Å². The van der Waals surface area contributed by atoms with Crippen molar-refractivity contribution in [3.8, 4) is 0 Å². The number of hydrogen-bond acceptors (Lipinski definition) is 3. The summed E-state index contributed by atoms with van der Waals surface area (Å²) in [4.78, 5) is 2.57. The molecule has 0 aromatic heterocycles. The molecule has 0 spiro atoms. The number of thioether (sulfide) groups is 1. The highest BCUT2D eigenvalue weighted by atomic mass is 32.2. The predicted octanol–water partition coefficient (Wildman–Crippen LogP) is 2.59. The van der Waals surface area contributed by atoms with E-state index >= 15 is 0 Å². The molecule has 1 heterocycles. The van der Waals surface area contributed by atoms with Crippen LogP contribution in [0, 0.1) is 0 Å². The van der Waals surface area contributed by atoms with Crippen LogP contribution in [-0.4, -0.2) is 49.1 Å². The molecule has 0 bridgehead atoms. The monoisotopic (exact) mass is 244 g/mol. The molecule has 3 heteroatoms. The summed E-state index contributed by atoms with van der Waals surface area (Å²) < 4.78 is 0. The van der Waals surface area contributed by atoms with Gasteiger partial charge >= 0.3 is 0 Å². The fourth-order valence-corrected chi connectivity index (χ4v) is 3.44. The molecule has 1 aliphatic heterocycles. The third-order valence-corrected chi connectivity index (χ3v) is 4.47. The maximum atomic E-state index is 3.46. The van der Waals surface area contributed by atoms with Crippen molar-refractivity contribution in [3.63, 3.8) is 0 Å². The summed E-state index contributed by atoms with van der Waals surface area (Å²) in [6.07, 6.45) is 6.74. The highest BCUT2D eigenvalue weighted by Crippen LogP contribution is 2.21. The molecule has 1 aliphatic rings. The van der Waals surface area contributed by atoms with Gasteiger partial charge in [0.15, 0.2) is 0 Å². The van der Waals surface area contributed by atoms with Gasteiger partial charge in [0.05, 0.1) is 0 Å². The Kier molecular flexibility index (Phi) is 8.34. The summed E-state index contributed by atoms with van der Waals surface area (Å²) in [5.74, 6) is 2.73. The smallest absolute Gasteiger partial charge is 0.0191 e. The van der Waals surface area contributed by atoms with Crippen LogP contribution in [0.5, 0.6) is 0 Å². The first-order valence-electron chi connectivity index (χ1n) is 6.83. The van der Waals surface area contributed by atoms with Crippen molar-refractivity contribution in [3.05, 3.63) is 0 Å². The molecule has 0 aromatic carbocycles. The fraction of sp³-hybridized carbons (Fsp3) is 1.00. The molecule has 1 N–H and O–H groups in total. The molecule has 1 saturated heterocycles. The zero-order valence-corrected chi connectivity index (χ0v) is 11.8. The van der Waals surface area contributed by atoms with E-state index in [1.54, 1.807) is 0 Å². The van der Waals surface area contributed by atoms with E-state index in [2.05, 4.69) is 35.9 Å². The van der Waals surface area contributed by atoms with E-state index in [-0.39, 0.29) is 0 Å². The molecule has 16 heavy (non-hydrogen) atoms. The zero-order valence-electron chi connectivity index (χ0n) is 11.0. The van der Waals surface area contributed by atoms with Crippen molar-refractivity contribution in [2.45, 2.75) is 45.1 Å². The van der Waals surface area contributed by atoms with Crippen molar-refractivity contribution >= 4 is 11.8 Å². The molecule has 0 aromatic rings. The second-order valence-corrected chi connectivity index (χ2v) is 5.96. The third-order valence-electron chi connectivity index (χ3n) is 3.32. The predicted molar refractivity (Wildman–Crippen MR) is 75.4 cm³/mol. The Labute approximate surface area is 106 Å². The van der Waals surface area contributed by atoms with E-state index in [0.717, 1.165) is 6.04 Å². The van der Waals surface area contributed by atoms with E-state index in [0.29, 0.717) is 0 Å². The second kappa shape index (κ2) is 9.32. The molecule has 1 fully saturated rings. The van der Waals surface area contributed by atoms with Gasteiger partial charge in [0.1, 0.15) is 0 Å². The Hall–Kier alpha value is 0.270. The minimum Gasteiger partial charge on any atom is -0.317 e. The molecular formula is C13H28N2S.